The molecule has 0 saturated carbocycles. The van der Waals surface area contributed by atoms with Crippen molar-refractivity contribution in [1.29, 1.82) is 0 Å². The second kappa shape index (κ2) is 11.8. The molecule has 5 heteroatoms. The molecule has 0 spiro atoms. The number of allylic oxidation sites excluding steroid dienone is 3. The van der Waals surface area contributed by atoms with Crippen molar-refractivity contribution in [2.45, 2.75) is 52.6 Å². The lowest BCUT2D eigenvalue weighted by Crippen LogP contribution is -2.33. The van der Waals surface area contributed by atoms with Crippen LogP contribution in [0.3, 0.4) is 0 Å². The quantitative estimate of drug-likeness (QED) is 0.373. The number of hydrogen-bond donors (Lipinski definition) is 1. The van der Waals surface area contributed by atoms with Gasteiger partial charge in [0.05, 0.1) is 5.76 Å². The van der Waals surface area contributed by atoms with E-state index in [0.29, 0.717) is 5.75 Å². The lowest BCUT2D eigenvalue weighted by molar-refractivity contribution is 0.152. The standard InChI is InChI=1S/C27H31NO3S.C3H6/c1-18-16-25-26(23-11-8-21(29)17-24(23)32-25)27(31-19(18)2)20-6-9-22(10-7-20)30-15-14-28-12-4-3-5-13-28;1-3-2/h6-11,17,27,29H,3-5,12-16H2,1-2H3;3H,1H2,2H3. The Morgan fingerprint density at radius 2 is 1.83 bits per heavy atom. The van der Waals surface area contributed by atoms with Crippen LogP contribution in [0.15, 0.2) is 66.5 Å². The van der Waals surface area contributed by atoms with Crippen molar-refractivity contribution in [2.75, 3.05) is 26.2 Å². The molecule has 1 fully saturated rings. The third kappa shape index (κ3) is 6.09. The predicted octanol–water partition coefficient (Wildman–Crippen LogP) is 7.62. The van der Waals surface area contributed by atoms with Gasteiger partial charge in [0.2, 0.25) is 0 Å². The first kappa shape index (κ1) is 25.3. The molecule has 1 unspecified atom stereocenters. The van der Waals surface area contributed by atoms with Gasteiger partial charge in [-0.3, -0.25) is 4.90 Å². The Kier molecular flexibility index (Phi) is 8.53. The number of likely N-dealkylation sites (tertiary alicyclic amines) is 1. The maximum atomic E-state index is 9.96. The predicted molar refractivity (Wildman–Crippen MR) is 147 cm³/mol. The minimum Gasteiger partial charge on any atom is -0.508 e. The van der Waals surface area contributed by atoms with Crippen molar-refractivity contribution >= 4 is 21.4 Å². The van der Waals surface area contributed by atoms with Crippen molar-refractivity contribution in [3.05, 3.63) is 82.5 Å². The lowest BCUT2D eigenvalue weighted by atomic mass is 9.97. The van der Waals surface area contributed by atoms with Gasteiger partial charge in [-0.2, -0.15) is 0 Å². The third-order valence-electron chi connectivity index (χ3n) is 6.68. The molecule has 1 N–H and O–H groups in total. The highest BCUT2D eigenvalue weighted by molar-refractivity contribution is 7.19. The van der Waals surface area contributed by atoms with Crippen molar-refractivity contribution in [3.8, 4) is 11.5 Å². The van der Waals surface area contributed by atoms with Crippen LogP contribution in [0.5, 0.6) is 11.5 Å². The van der Waals surface area contributed by atoms with Crippen LogP contribution in [0.25, 0.3) is 10.1 Å². The van der Waals surface area contributed by atoms with Crippen LogP contribution in [0.1, 0.15) is 62.1 Å². The number of ether oxygens (including phenoxy) is 2. The van der Waals surface area contributed by atoms with Crippen LogP contribution >= 0.6 is 11.3 Å². The summed E-state index contributed by atoms with van der Waals surface area (Å²) in [6, 6.07) is 14.0. The average molecular weight is 492 g/mol. The Morgan fingerprint density at radius 1 is 1.11 bits per heavy atom. The molecule has 0 radical (unpaired) electrons. The molecular formula is C30H37NO3S. The van der Waals surface area contributed by atoms with Gasteiger partial charge in [0.15, 0.2) is 6.10 Å². The fourth-order valence-electron chi connectivity index (χ4n) is 4.73. The summed E-state index contributed by atoms with van der Waals surface area (Å²) < 4.78 is 13.6. The number of rotatable bonds is 5. The Bertz CT molecular complexity index is 1170. The number of thiophene rings is 1. The fraction of sp³-hybridized carbons (Fsp3) is 0.400. The molecule has 0 amide bonds. The van der Waals surface area contributed by atoms with Crippen LogP contribution in [-0.2, 0) is 11.2 Å². The largest absolute Gasteiger partial charge is 0.508 e. The first-order valence-corrected chi connectivity index (χ1v) is 13.4. The van der Waals surface area contributed by atoms with E-state index in [1.54, 1.807) is 23.5 Å². The van der Waals surface area contributed by atoms with Gasteiger partial charge >= 0.3 is 0 Å². The zero-order valence-corrected chi connectivity index (χ0v) is 22.0. The molecule has 0 bridgehead atoms. The monoisotopic (exact) mass is 491 g/mol. The van der Waals surface area contributed by atoms with Gasteiger partial charge in [-0.1, -0.05) is 24.6 Å². The van der Waals surface area contributed by atoms with Gasteiger partial charge in [0.25, 0.3) is 0 Å². The van der Waals surface area contributed by atoms with E-state index in [1.165, 1.54) is 48.4 Å². The highest BCUT2D eigenvalue weighted by Gasteiger charge is 2.28. The first-order valence-electron chi connectivity index (χ1n) is 12.6. The molecule has 1 saturated heterocycles. The smallest absolute Gasteiger partial charge is 0.150 e. The molecule has 1 atom stereocenters. The highest BCUT2D eigenvalue weighted by Crippen LogP contribution is 2.45. The van der Waals surface area contributed by atoms with E-state index >= 15 is 0 Å². The van der Waals surface area contributed by atoms with Gasteiger partial charge in [-0.25, -0.2) is 0 Å². The summed E-state index contributed by atoms with van der Waals surface area (Å²) in [4.78, 5) is 3.81. The number of nitrogens with zero attached hydrogens (tertiary/aromatic N) is 1. The van der Waals surface area contributed by atoms with E-state index in [1.807, 2.05) is 19.1 Å². The van der Waals surface area contributed by atoms with Crippen molar-refractivity contribution in [3.63, 3.8) is 0 Å². The summed E-state index contributed by atoms with van der Waals surface area (Å²) in [7, 11) is 0. The Balaban J connectivity index is 0.000000917. The number of benzene rings is 2. The van der Waals surface area contributed by atoms with Gasteiger partial charge < -0.3 is 14.6 Å². The fourth-order valence-corrected chi connectivity index (χ4v) is 6.07. The second-order valence-electron chi connectivity index (χ2n) is 9.36. The molecule has 3 aromatic rings. The number of hydrogen-bond acceptors (Lipinski definition) is 5. The molecule has 2 aliphatic rings. The molecule has 3 heterocycles. The zero-order valence-electron chi connectivity index (χ0n) is 21.2. The topological polar surface area (TPSA) is 41.9 Å². The third-order valence-corrected chi connectivity index (χ3v) is 7.85. The molecule has 1 aromatic heterocycles. The minimum absolute atomic E-state index is 0.164. The molecule has 186 valence electrons. The van der Waals surface area contributed by atoms with Gasteiger partial charge in [0.1, 0.15) is 18.1 Å². The van der Waals surface area contributed by atoms with E-state index < -0.39 is 0 Å². The Morgan fingerprint density at radius 3 is 2.54 bits per heavy atom. The molecule has 0 aliphatic carbocycles. The molecule has 2 aromatic carbocycles. The molecule has 2 aliphatic heterocycles. The van der Waals surface area contributed by atoms with Crippen LogP contribution in [0.2, 0.25) is 0 Å². The SMILES string of the molecule is C=CC.CC1=C(C)OC(c2ccc(OCCN3CCCCC3)cc2)c2c(sc3cc(O)ccc23)C1. The summed E-state index contributed by atoms with van der Waals surface area (Å²) in [5.74, 6) is 2.20. The van der Waals surface area contributed by atoms with Crippen LogP contribution in [-0.4, -0.2) is 36.2 Å². The number of piperidine rings is 1. The Labute approximate surface area is 213 Å². The van der Waals surface area contributed by atoms with E-state index in [2.05, 4.69) is 49.6 Å². The van der Waals surface area contributed by atoms with Gasteiger partial charge in [-0.05, 0) is 88.2 Å². The highest BCUT2D eigenvalue weighted by atomic mass is 32.1. The maximum Gasteiger partial charge on any atom is 0.150 e. The molecular weight excluding hydrogens is 454 g/mol. The number of phenolic OH excluding ortho intramolecular Hbond substituents is 1. The van der Waals surface area contributed by atoms with Crippen molar-refractivity contribution < 1.29 is 14.6 Å². The second-order valence-corrected chi connectivity index (χ2v) is 10.5. The summed E-state index contributed by atoms with van der Waals surface area (Å²) in [5.41, 5.74) is 3.60. The molecule has 35 heavy (non-hydrogen) atoms. The number of fused-ring (bicyclic) bond motifs is 3. The average Bonchev–Trinajstić information content (AvgIpc) is 3.14. The number of phenols is 1. The minimum atomic E-state index is -0.164. The lowest BCUT2D eigenvalue weighted by Gasteiger charge is -2.26. The van der Waals surface area contributed by atoms with E-state index in [-0.39, 0.29) is 6.10 Å². The van der Waals surface area contributed by atoms with E-state index in [9.17, 15) is 5.11 Å². The van der Waals surface area contributed by atoms with Gasteiger partial charge in [-0.15, -0.1) is 17.9 Å². The summed E-state index contributed by atoms with van der Waals surface area (Å²) in [6.45, 7) is 13.6. The molecule has 5 rings (SSSR count). The van der Waals surface area contributed by atoms with E-state index in [0.717, 1.165) is 46.7 Å². The van der Waals surface area contributed by atoms with E-state index in [4.69, 9.17) is 9.47 Å². The van der Waals surface area contributed by atoms with Crippen LogP contribution in [0, 0.1) is 0 Å². The van der Waals surface area contributed by atoms with Crippen LogP contribution < -0.4 is 4.74 Å². The van der Waals surface area contributed by atoms with Crippen molar-refractivity contribution in [1.82, 2.24) is 4.90 Å². The molecule has 4 nitrogen and oxygen atoms in total. The zero-order chi connectivity index (χ0) is 24.8. The van der Waals surface area contributed by atoms with Gasteiger partial charge in [0, 0.05) is 33.5 Å². The van der Waals surface area contributed by atoms with Crippen LogP contribution in [0.4, 0.5) is 0 Å². The Hall–Kier alpha value is -2.76. The summed E-state index contributed by atoms with van der Waals surface area (Å²) >= 11 is 1.76. The van der Waals surface area contributed by atoms with Crippen molar-refractivity contribution in [2.24, 2.45) is 0 Å². The number of aromatic hydroxyl groups is 1. The normalized spacial score (nSPS) is 18.2. The first-order chi connectivity index (χ1) is 17.0. The maximum absolute atomic E-state index is 9.96. The summed E-state index contributed by atoms with van der Waals surface area (Å²) in [5, 5.41) is 11.1. The summed E-state index contributed by atoms with van der Waals surface area (Å²) in [6.07, 6.45) is 6.45.